The normalized spacial score (nSPS) is 14.4. The second-order valence-electron chi connectivity index (χ2n) is 6.82. The van der Waals surface area contributed by atoms with E-state index in [0.29, 0.717) is 17.6 Å². The van der Waals surface area contributed by atoms with Gasteiger partial charge in [-0.1, -0.05) is 6.07 Å². The number of hydrogen-bond acceptors (Lipinski definition) is 6. The number of aromatic amines is 1. The largest absolute Gasteiger partial charge is 0.496 e. The van der Waals surface area contributed by atoms with Crippen LogP contribution in [0.5, 0.6) is 5.75 Å². The van der Waals surface area contributed by atoms with Crippen molar-refractivity contribution >= 4 is 24.0 Å². The summed E-state index contributed by atoms with van der Waals surface area (Å²) in [5, 5.41) is 14.0. The lowest BCUT2D eigenvalue weighted by Gasteiger charge is -2.23. The van der Waals surface area contributed by atoms with Crippen LogP contribution in [0.25, 0.3) is 11.3 Å². The number of rotatable bonds is 5. The number of benzene rings is 1. The third-order valence-corrected chi connectivity index (χ3v) is 4.94. The molecule has 3 aromatic rings. The minimum absolute atomic E-state index is 0. The maximum atomic E-state index is 5.67. The Bertz CT molecular complexity index is 905. The fraction of sp³-hybridized carbons (Fsp3) is 0.350. The maximum absolute atomic E-state index is 5.67. The number of aromatic nitrogens is 4. The first-order valence-corrected chi connectivity index (χ1v) is 9.23. The van der Waals surface area contributed by atoms with Gasteiger partial charge in [0.1, 0.15) is 11.6 Å². The highest BCUT2D eigenvalue weighted by Gasteiger charge is 2.18. The Morgan fingerprint density at radius 3 is 2.61 bits per heavy atom. The molecule has 28 heavy (non-hydrogen) atoms. The molecule has 0 spiro atoms. The quantitative estimate of drug-likeness (QED) is 0.603. The molecule has 7 nitrogen and oxygen atoms in total. The van der Waals surface area contributed by atoms with Gasteiger partial charge in [0, 0.05) is 11.6 Å². The first-order valence-electron chi connectivity index (χ1n) is 9.23. The fourth-order valence-corrected chi connectivity index (χ4v) is 3.45. The molecule has 0 unspecified atom stereocenters. The number of piperidine rings is 1. The van der Waals surface area contributed by atoms with Crippen molar-refractivity contribution in [3.8, 4) is 17.0 Å². The molecule has 0 saturated carbocycles. The Balaban J connectivity index is 0.00000225. The first kappa shape index (κ1) is 20.1. The van der Waals surface area contributed by atoms with Crippen molar-refractivity contribution in [2.45, 2.75) is 25.7 Å². The molecule has 1 aromatic carbocycles. The van der Waals surface area contributed by atoms with Gasteiger partial charge >= 0.3 is 0 Å². The van der Waals surface area contributed by atoms with E-state index in [0.717, 1.165) is 48.6 Å². The van der Waals surface area contributed by atoms with Crippen LogP contribution in [0.4, 0.5) is 11.6 Å². The van der Waals surface area contributed by atoms with Gasteiger partial charge in [0.05, 0.1) is 30.9 Å². The van der Waals surface area contributed by atoms with Crippen molar-refractivity contribution in [3.63, 3.8) is 0 Å². The van der Waals surface area contributed by atoms with Crippen LogP contribution >= 0.6 is 12.4 Å². The molecule has 8 heteroatoms. The highest BCUT2D eigenvalue weighted by Crippen LogP contribution is 2.35. The van der Waals surface area contributed by atoms with E-state index in [-0.39, 0.29) is 12.4 Å². The zero-order valence-electron chi connectivity index (χ0n) is 16.0. The summed E-state index contributed by atoms with van der Waals surface area (Å²) in [7, 11) is 1.71. The summed E-state index contributed by atoms with van der Waals surface area (Å²) >= 11 is 0. The molecule has 3 N–H and O–H groups in total. The third kappa shape index (κ3) is 4.43. The van der Waals surface area contributed by atoms with Crippen LogP contribution in [0.1, 0.15) is 30.0 Å². The molecule has 0 bridgehead atoms. The molecule has 1 fully saturated rings. The van der Waals surface area contributed by atoms with Crippen LogP contribution in [0.2, 0.25) is 0 Å². The molecule has 1 aliphatic rings. The zero-order chi connectivity index (χ0) is 18.6. The number of ether oxygens (including phenoxy) is 1. The van der Waals surface area contributed by atoms with Gasteiger partial charge < -0.3 is 15.4 Å². The van der Waals surface area contributed by atoms with Crippen molar-refractivity contribution in [3.05, 3.63) is 47.9 Å². The van der Waals surface area contributed by atoms with E-state index < -0.39 is 0 Å². The van der Waals surface area contributed by atoms with E-state index in [2.05, 4.69) is 49.0 Å². The van der Waals surface area contributed by atoms with Crippen LogP contribution in [0, 0.1) is 6.92 Å². The number of anilines is 2. The van der Waals surface area contributed by atoms with Crippen LogP contribution in [-0.4, -0.2) is 40.4 Å². The van der Waals surface area contributed by atoms with Gasteiger partial charge in [-0.15, -0.1) is 12.4 Å². The predicted octanol–water partition coefficient (Wildman–Crippen LogP) is 3.82. The number of nitrogens with one attached hydrogen (secondary N) is 3. The molecule has 4 rings (SSSR count). The summed E-state index contributed by atoms with van der Waals surface area (Å²) in [6.45, 7) is 4.06. The number of aryl methyl sites for hydroxylation is 1. The molecule has 148 valence electrons. The SMILES string of the molecule is COc1cc(C2CCNCC2)ccc1-c1cc(Nc2cnc(C)cn2)n[nH]1.Cl. The molecule has 0 radical (unpaired) electrons. The van der Waals surface area contributed by atoms with Crippen molar-refractivity contribution in [2.24, 2.45) is 0 Å². The van der Waals surface area contributed by atoms with Crippen molar-refractivity contribution in [1.82, 2.24) is 25.5 Å². The molecular formula is C20H25ClN6O. The summed E-state index contributed by atoms with van der Waals surface area (Å²) in [5.74, 6) is 2.80. The Labute approximate surface area is 170 Å². The second kappa shape index (κ2) is 9.03. The average molecular weight is 401 g/mol. The van der Waals surface area contributed by atoms with Gasteiger partial charge in [-0.25, -0.2) is 4.98 Å². The van der Waals surface area contributed by atoms with E-state index in [9.17, 15) is 0 Å². The fourth-order valence-electron chi connectivity index (χ4n) is 3.45. The Hall–Kier alpha value is -2.64. The van der Waals surface area contributed by atoms with E-state index in [1.54, 1.807) is 19.5 Å². The second-order valence-corrected chi connectivity index (χ2v) is 6.82. The number of methoxy groups -OCH3 is 1. The summed E-state index contributed by atoms with van der Waals surface area (Å²) < 4.78 is 5.67. The van der Waals surface area contributed by atoms with Crippen LogP contribution in [-0.2, 0) is 0 Å². The van der Waals surface area contributed by atoms with Gasteiger partial charge in [-0.05, 0) is 56.5 Å². The lowest BCUT2D eigenvalue weighted by atomic mass is 9.89. The molecule has 0 amide bonds. The number of H-pyrrole nitrogens is 1. The van der Waals surface area contributed by atoms with Crippen molar-refractivity contribution in [2.75, 3.05) is 25.5 Å². The maximum Gasteiger partial charge on any atom is 0.153 e. The number of hydrogen-bond donors (Lipinski definition) is 3. The minimum atomic E-state index is 0. The molecule has 0 aliphatic carbocycles. The Morgan fingerprint density at radius 1 is 1.07 bits per heavy atom. The van der Waals surface area contributed by atoms with Crippen LogP contribution < -0.4 is 15.4 Å². The molecular weight excluding hydrogens is 376 g/mol. The van der Waals surface area contributed by atoms with Gasteiger partial charge in [-0.2, -0.15) is 5.10 Å². The molecule has 2 aromatic heterocycles. The van der Waals surface area contributed by atoms with Gasteiger partial charge in [0.25, 0.3) is 0 Å². The minimum Gasteiger partial charge on any atom is -0.496 e. The molecule has 1 aliphatic heterocycles. The lowest BCUT2D eigenvalue weighted by molar-refractivity contribution is 0.412. The standard InChI is InChI=1S/C20H24N6O.ClH/c1-13-11-23-20(12-22-13)24-19-10-17(25-26-19)16-4-3-15(9-18(16)27-2)14-5-7-21-8-6-14;/h3-4,9-12,14,21H,5-8H2,1-2H3,(H2,23,24,25,26);1H. The van der Waals surface area contributed by atoms with E-state index in [4.69, 9.17) is 4.74 Å². The number of halogens is 1. The van der Waals surface area contributed by atoms with Crippen LogP contribution in [0.15, 0.2) is 36.7 Å². The van der Waals surface area contributed by atoms with Gasteiger partial charge in [0.15, 0.2) is 5.82 Å². The highest BCUT2D eigenvalue weighted by atomic mass is 35.5. The summed E-state index contributed by atoms with van der Waals surface area (Å²) in [6.07, 6.45) is 5.74. The van der Waals surface area contributed by atoms with E-state index in [1.807, 2.05) is 13.0 Å². The van der Waals surface area contributed by atoms with Crippen molar-refractivity contribution in [1.29, 1.82) is 0 Å². The van der Waals surface area contributed by atoms with Gasteiger partial charge in [0.2, 0.25) is 0 Å². The molecule has 3 heterocycles. The number of nitrogens with zero attached hydrogens (tertiary/aromatic N) is 3. The Kier molecular flexibility index (Phi) is 6.49. The average Bonchev–Trinajstić information content (AvgIpc) is 3.18. The van der Waals surface area contributed by atoms with Crippen molar-refractivity contribution < 1.29 is 4.74 Å². The highest BCUT2D eigenvalue weighted by molar-refractivity contribution is 5.85. The molecule has 1 saturated heterocycles. The first-order chi connectivity index (χ1) is 13.2. The van der Waals surface area contributed by atoms with E-state index in [1.165, 1.54) is 5.56 Å². The summed E-state index contributed by atoms with van der Waals surface area (Å²) in [4.78, 5) is 8.53. The van der Waals surface area contributed by atoms with Crippen LogP contribution in [0.3, 0.4) is 0 Å². The Morgan fingerprint density at radius 2 is 1.89 bits per heavy atom. The monoisotopic (exact) mass is 400 g/mol. The summed E-state index contributed by atoms with van der Waals surface area (Å²) in [6, 6.07) is 8.42. The van der Waals surface area contributed by atoms with E-state index >= 15 is 0 Å². The lowest BCUT2D eigenvalue weighted by Crippen LogP contribution is -2.26. The summed E-state index contributed by atoms with van der Waals surface area (Å²) in [5.41, 5.74) is 4.10. The third-order valence-electron chi connectivity index (χ3n) is 4.94. The van der Waals surface area contributed by atoms with Gasteiger partial charge in [-0.3, -0.25) is 10.1 Å². The topological polar surface area (TPSA) is 87.8 Å². The zero-order valence-corrected chi connectivity index (χ0v) is 16.8. The predicted molar refractivity (Wildman–Crippen MR) is 113 cm³/mol. The smallest absolute Gasteiger partial charge is 0.153 e. The molecule has 0 atom stereocenters.